The maximum absolute atomic E-state index is 12.4. The topological polar surface area (TPSA) is 95.9 Å². The summed E-state index contributed by atoms with van der Waals surface area (Å²) in [4.78, 5) is 24.5. The molecule has 376 valence electrons. The van der Waals surface area contributed by atoms with E-state index in [2.05, 4.69) is 43.5 Å². The molecule has 0 heterocycles. The standard InChI is InChI=1S/C58H109NO5/c1-3-5-7-9-11-13-15-16-17-18-19-23-26-29-32-36-40-44-48-52-58(63)64-53-49-45-41-37-33-30-27-24-21-20-22-25-28-31-35-39-43-47-51-57(62)59-55(54-60)56(61)50-46-42-38-34-14-12-10-8-6-4-2/h11,13,16-17,46,50,55-56,60-61H,3-10,12,14-15,18-45,47-49,51-54H2,1-2H3,(H,59,62)/b13-11-,17-16-,50-46+. The van der Waals surface area contributed by atoms with E-state index in [0.29, 0.717) is 19.4 Å². The van der Waals surface area contributed by atoms with E-state index in [1.165, 1.54) is 218 Å². The van der Waals surface area contributed by atoms with Crippen LogP contribution in [0.1, 0.15) is 296 Å². The van der Waals surface area contributed by atoms with E-state index >= 15 is 0 Å². The van der Waals surface area contributed by atoms with E-state index in [0.717, 1.165) is 51.4 Å². The number of aliphatic hydroxyl groups is 2. The second-order valence-electron chi connectivity index (χ2n) is 19.3. The highest BCUT2D eigenvalue weighted by molar-refractivity contribution is 5.76. The van der Waals surface area contributed by atoms with Crippen LogP contribution in [0.3, 0.4) is 0 Å². The lowest BCUT2D eigenvalue weighted by molar-refractivity contribution is -0.143. The minimum atomic E-state index is -0.845. The van der Waals surface area contributed by atoms with Gasteiger partial charge in [-0.2, -0.15) is 0 Å². The van der Waals surface area contributed by atoms with Crippen molar-refractivity contribution in [3.05, 3.63) is 36.5 Å². The molecule has 0 aromatic heterocycles. The maximum atomic E-state index is 12.4. The molecule has 0 fully saturated rings. The van der Waals surface area contributed by atoms with Gasteiger partial charge in [-0.05, 0) is 64.2 Å². The zero-order valence-corrected chi connectivity index (χ0v) is 42.8. The number of allylic oxidation sites excluding steroid dienone is 5. The number of hydrogen-bond acceptors (Lipinski definition) is 5. The van der Waals surface area contributed by atoms with Gasteiger partial charge >= 0.3 is 5.97 Å². The molecule has 64 heavy (non-hydrogen) atoms. The van der Waals surface area contributed by atoms with Crippen LogP contribution in [0.4, 0.5) is 0 Å². The number of nitrogens with one attached hydrogen (secondary N) is 1. The Morgan fingerprint density at radius 1 is 0.438 bits per heavy atom. The largest absolute Gasteiger partial charge is 0.466 e. The molecule has 0 aliphatic rings. The van der Waals surface area contributed by atoms with Crippen LogP contribution in [-0.2, 0) is 14.3 Å². The average molecular weight is 901 g/mol. The molecule has 3 N–H and O–H groups in total. The highest BCUT2D eigenvalue weighted by Gasteiger charge is 2.18. The summed E-state index contributed by atoms with van der Waals surface area (Å²) in [5.41, 5.74) is 0. The van der Waals surface area contributed by atoms with Crippen LogP contribution in [0, 0.1) is 0 Å². The Bertz CT molecular complexity index is 1040. The van der Waals surface area contributed by atoms with Crippen molar-refractivity contribution in [3.63, 3.8) is 0 Å². The highest BCUT2D eigenvalue weighted by Crippen LogP contribution is 2.16. The summed E-state index contributed by atoms with van der Waals surface area (Å²) in [6, 6.07) is -0.629. The summed E-state index contributed by atoms with van der Waals surface area (Å²) in [7, 11) is 0. The Labute approximate surface area is 398 Å². The van der Waals surface area contributed by atoms with E-state index in [4.69, 9.17) is 4.74 Å². The van der Waals surface area contributed by atoms with Gasteiger partial charge in [-0.3, -0.25) is 9.59 Å². The number of amides is 1. The first kappa shape index (κ1) is 62.1. The van der Waals surface area contributed by atoms with Gasteiger partial charge in [0.1, 0.15) is 0 Å². The van der Waals surface area contributed by atoms with Crippen molar-refractivity contribution in [3.8, 4) is 0 Å². The van der Waals surface area contributed by atoms with Crippen molar-refractivity contribution in [1.82, 2.24) is 5.32 Å². The fourth-order valence-electron chi connectivity index (χ4n) is 8.55. The van der Waals surface area contributed by atoms with Crippen LogP contribution in [-0.4, -0.2) is 47.4 Å². The minimum absolute atomic E-state index is 0.00224. The molecule has 2 atom stereocenters. The molecule has 6 nitrogen and oxygen atoms in total. The quantitative estimate of drug-likeness (QED) is 0.0321. The summed E-state index contributed by atoms with van der Waals surface area (Å²) >= 11 is 0. The molecule has 0 saturated carbocycles. The molecule has 0 aromatic carbocycles. The fourth-order valence-corrected chi connectivity index (χ4v) is 8.55. The average Bonchev–Trinajstić information content (AvgIpc) is 3.29. The van der Waals surface area contributed by atoms with E-state index in [1.807, 2.05) is 6.08 Å². The monoisotopic (exact) mass is 900 g/mol. The van der Waals surface area contributed by atoms with Gasteiger partial charge in [0.05, 0.1) is 25.4 Å². The van der Waals surface area contributed by atoms with E-state index in [-0.39, 0.29) is 18.5 Å². The Balaban J connectivity index is 3.39. The molecule has 0 saturated heterocycles. The summed E-state index contributed by atoms with van der Waals surface area (Å²) in [5, 5.41) is 23.0. The molecular weight excluding hydrogens is 791 g/mol. The number of ether oxygens (including phenoxy) is 1. The molecule has 0 spiro atoms. The van der Waals surface area contributed by atoms with Crippen molar-refractivity contribution in [2.75, 3.05) is 13.2 Å². The molecule has 6 heteroatoms. The summed E-state index contributed by atoms with van der Waals surface area (Å²) in [5.74, 6) is -0.0719. The zero-order chi connectivity index (χ0) is 46.5. The third-order valence-corrected chi connectivity index (χ3v) is 12.9. The summed E-state index contributed by atoms with van der Waals surface area (Å²) in [6.07, 6.45) is 65.9. The van der Waals surface area contributed by atoms with E-state index < -0.39 is 12.1 Å². The van der Waals surface area contributed by atoms with E-state index in [9.17, 15) is 19.8 Å². The third-order valence-electron chi connectivity index (χ3n) is 12.9. The summed E-state index contributed by atoms with van der Waals surface area (Å²) < 4.78 is 5.49. The molecule has 1 amide bonds. The highest BCUT2D eigenvalue weighted by atomic mass is 16.5. The number of carbonyl (C=O) groups is 2. The molecule has 0 aliphatic carbocycles. The van der Waals surface area contributed by atoms with E-state index in [1.54, 1.807) is 6.08 Å². The molecule has 0 aliphatic heterocycles. The van der Waals surface area contributed by atoms with Crippen LogP contribution >= 0.6 is 0 Å². The van der Waals surface area contributed by atoms with Gasteiger partial charge in [-0.15, -0.1) is 0 Å². The fraction of sp³-hybridized carbons (Fsp3) is 0.862. The van der Waals surface area contributed by atoms with Gasteiger partial charge in [0.25, 0.3) is 0 Å². The molecule has 0 bridgehead atoms. The Morgan fingerprint density at radius 2 is 0.781 bits per heavy atom. The summed E-state index contributed by atoms with van der Waals surface area (Å²) in [6.45, 7) is 4.85. The molecule has 0 radical (unpaired) electrons. The number of rotatable bonds is 52. The molecule has 2 unspecified atom stereocenters. The number of unbranched alkanes of at least 4 members (excludes halogenated alkanes) is 37. The first-order valence-corrected chi connectivity index (χ1v) is 28.3. The third kappa shape index (κ3) is 49.5. The van der Waals surface area contributed by atoms with Gasteiger partial charge in [0.15, 0.2) is 0 Å². The second-order valence-corrected chi connectivity index (χ2v) is 19.3. The van der Waals surface area contributed by atoms with Gasteiger partial charge in [0.2, 0.25) is 5.91 Å². The normalized spacial score (nSPS) is 12.9. The maximum Gasteiger partial charge on any atom is 0.305 e. The molecule has 0 aromatic rings. The number of carbonyl (C=O) groups excluding carboxylic acids is 2. The van der Waals surface area contributed by atoms with Gasteiger partial charge in [-0.1, -0.05) is 256 Å². The second kappa shape index (κ2) is 53.7. The SMILES string of the molecule is CCCCC/C=C\C/C=C\CCCCCCCCCCCC(=O)OCCCCCCCCCCCCCCCCCCCCC(=O)NC(CO)C(O)/C=C/CCCCCCCCCC. The first-order valence-electron chi connectivity index (χ1n) is 28.3. The van der Waals surface area contributed by atoms with Crippen LogP contribution in [0.2, 0.25) is 0 Å². The van der Waals surface area contributed by atoms with Gasteiger partial charge < -0.3 is 20.3 Å². The van der Waals surface area contributed by atoms with Crippen LogP contribution in [0.5, 0.6) is 0 Å². The van der Waals surface area contributed by atoms with Gasteiger partial charge in [0, 0.05) is 12.8 Å². The Morgan fingerprint density at radius 3 is 1.22 bits per heavy atom. The molecule has 0 rings (SSSR count). The number of aliphatic hydroxyl groups excluding tert-OH is 2. The van der Waals surface area contributed by atoms with Crippen molar-refractivity contribution >= 4 is 11.9 Å². The lowest BCUT2D eigenvalue weighted by Crippen LogP contribution is -2.45. The van der Waals surface area contributed by atoms with Crippen LogP contribution in [0.15, 0.2) is 36.5 Å². The Hall–Kier alpha value is -1.92. The number of hydrogen-bond donors (Lipinski definition) is 3. The van der Waals surface area contributed by atoms with Crippen molar-refractivity contribution in [1.29, 1.82) is 0 Å². The van der Waals surface area contributed by atoms with Crippen molar-refractivity contribution in [2.45, 2.75) is 309 Å². The van der Waals surface area contributed by atoms with Crippen LogP contribution < -0.4 is 5.32 Å². The smallest absolute Gasteiger partial charge is 0.305 e. The number of esters is 1. The minimum Gasteiger partial charge on any atom is -0.466 e. The van der Waals surface area contributed by atoms with Crippen molar-refractivity contribution in [2.24, 2.45) is 0 Å². The van der Waals surface area contributed by atoms with Crippen LogP contribution in [0.25, 0.3) is 0 Å². The lowest BCUT2D eigenvalue weighted by atomic mass is 10.0. The van der Waals surface area contributed by atoms with Gasteiger partial charge in [-0.25, -0.2) is 0 Å². The predicted octanol–water partition coefficient (Wildman–Crippen LogP) is 17.2. The van der Waals surface area contributed by atoms with Crippen molar-refractivity contribution < 1.29 is 24.5 Å². The first-order chi connectivity index (χ1) is 31.5. The zero-order valence-electron chi connectivity index (χ0n) is 42.8. The predicted molar refractivity (Wildman–Crippen MR) is 278 cm³/mol. The lowest BCUT2D eigenvalue weighted by Gasteiger charge is -2.20. The Kier molecular flexibility index (Phi) is 52.1. The molecular formula is C58H109NO5.